The quantitative estimate of drug-likeness (QED) is 0.841. The molecule has 1 N–H and O–H groups in total. The molecule has 1 aromatic rings. The van der Waals surface area contributed by atoms with Gasteiger partial charge in [-0.05, 0) is 24.5 Å². The van der Waals surface area contributed by atoms with Gasteiger partial charge in [0.15, 0.2) is 0 Å². The SMILES string of the molecule is CCC1CC1Nc1cc(OC)ccc1C#N. The van der Waals surface area contributed by atoms with Crippen molar-refractivity contribution in [3.8, 4) is 11.8 Å². The zero-order chi connectivity index (χ0) is 11.5. The molecule has 84 valence electrons. The lowest BCUT2D eigenvalue weighted by atomic mass is 10.2. The molecule has 2 atom stereocenters. The van der Waals surface area contributed by atoms with Gasteiger partial charge < -0.3 is 10.1 Å². The van der Waals surface area contributed by atoms with E-state index in [1.54, 1.807) is 13.2 Å². The zero-order valence-corrected chi connectivity index (χ0v) is 9.66. The second kappa shape index (κ2) is 4.44. The molecule has 2 rings (SSSR count). The first-order chi connectivity index (χ1) is 7.78. The van der Waals surface area contributed by atoms with Crippen molar-refractivity contribution >= 4 is 5.69 Å². The second-order valence-corrected chi connectivity index (χ2v) is 4.18. The van der Waals surface area contributed by atoms with E-state index in [0.29, 0.717) is 11.6 Å². The number of hydrogen-bond acceptors (Lipinski definition) is 3. The largest absolute Gasteiger partial charge is 0.497 e. The molecule has 1 aliphatic rings. The summed E-state index contributed by atoms with van der Waals surface area (Å²) in [6, 6.07) is 8.23. The molecule has 1 aliphatic carbocycles. The molecule has 0 amide bonds. The summed E-state index contributed by atoms with van der Waals surface area (Å²) in [5.74, 6) is 1.55. The number of ether oxygens (including phenoxy) is 1. The van der Waals surface area contributed by atoms with Gasteiger partial charge in [-0.25, -0.2) is 0 Å². The molecular weight excluding hydrogens is 200 g/mol. The molecule has 1 saturated carbocycles. The number of anilines is 1. The van der Waals surface area contributed by atoms with Crippen LogP contribution in [-0.4, -0.2) is 13.2 Å². The predicted octanol–water partition coefficient (Wildman–Crippen LogP) is 2.78. The van der Waals surface area contributed by atoms with Crippen molar-refractivity contribution < 1.29 is 4.74 Å². The fourth-order valence-corrected chi connectivity index (χ4v) is 1.94. The van der Waals surface area contributed by atoms with Crippen LogP contribution < -0.4 is 10.1 Å². The number of nitrogens with zero attached hydrogens (tertiary/aromatic N) is 1. The summed E-state index contributed by atoms with van der Waals surface area (Å²) >= 11 is 0. The predicted molar refractivity (Wildman–Crippen MR) is 63.5 cm³/mol. The summed E-state index contributed by atoms with van der Waals surface area (Å²) in [5, 5.41) is 12.4. The Bertz CT molecular complexity index is 422. The number of methoxy groups -OCH3 is 1. The number of hydrogen-bond donors (Lipinski definition) is 1. The van der Waals surface area contributed by atoms with Gasteiger partial charge in [-0.3, -0.25) is 0 Å². The van der Waals surface area contributed by atoms with Gasteiger partial charge in [-0.2, -0.15) is 5.26 Å². The standard InChI is InChI=1S/C13H16N2O/c1-3-9-6-12(9)15-13-7-11(16-2)5-4-10(13)8-14/h4-5,7,9,12,15H,3,6H2,1-2H3. The third-order valence-electron chi connectivity index (χ3n) is 3.14. The summed E-state index contributed by atoms with van der Waals surface area (Å²) < 4.78 is 5.16. The second-order valence-electron chi connectivity index (χ2n) is 4.18. The minimum atomic E-state index is 0.532. The van der Waals surface area contributed by atoms with E-state index in [2.05, 4.69) is 18.3 Å². The van der Waals surface area contributed by atoms with E-state index in [4.69, 9.17) is 10.00 Å². The summed E-state index contributed by atoms with van der Waals surface area (Å²) in [4.78, 5) is 0. The molecule has 0 spiro atoms. The van der Waals surface area contributed by atoms with Crippen LogP contribution in [0.25, 0.3) is 0 Å². The highest BCUT2D eigenvalue weighted by molar-refractivity contribution is 5.61. The van der Waals surface area contributed by atoms with Crippen LogP contribution in [0.5, 0.6) is 5.75 Å². The molecule has 0 saturated heterocycles. The van der Waals surface area contributed by atoms with E-state index in [1.165, 1.54) is 12.8 Å². The molecule has 1 aromatic carbocycles. The number of rotatable bonds is 4. The highest BCUT2D eigenvalue weighted by Crippen LogP contribution is 2.37. The summed E-state index contributed by atoms with van der Waals surface area (Å²) in [5.41, 5.74) is 1.57. The van der Waals surface area contributed by atoms with Gasteiger partial charge in [0.05, 0.1) is 18.4 Å². The molecule has 0 radical (unpaired) electrons. The van der Waals surface area contributed by atoms with Crippen molar-refractivity contribution in [2.24, 2.45) is 5.92 Å². The van der Waals surface area contributed by atoms with Crippen LogP contribution >= 0.6 is 0 Å². The molecule has 0 aliphatic heterocycles. The highest BCUT2D eigenvalue weighted by atomic mass is 16.5. The average molecular weight is 216 g/mol. The fraction of sp³-hybridized carbons (Fsp3) is 0.462. The van der Waals surface area contributed by atoms with E-state index >= 15 is 0 Å². The van der Waals surface area contributed by atoms with Crippen molar-refractivity contribution in [2.75, 3.05) is 12.4 Å². The molecule has 0 bridgehead atoms. The minimum Gasteiger partial charge on any atom is -0.497 e. The van der Waals surface area contributed by atoms with Crippen molar-refractivity contribution in [3.05, 3.63) is 23.8 Å². The van der Waals surface area contributed by atoms with Gasteiger partial charge in [0, 0.05) is 12.1 Å². The molecular formula is C13H16N2O. The topological polar surface area (TPSA) is 45.0 Å². The third kappa shape index (κ3) is 2.11. The van der Waals surface area contributed by atoms with Crippen LogP contribution in [-0.2, 0) is 0 Å². The first kappa shape index (κ1) is 10.8. The average Bonchev–Trinajstić information content (AvgIpc) is 3.07. The fourth-order valence-electron chi connectivity index (χ4n) is 1.94. The van der Waals surface area contributed by atoms with Crippen molar-refractivity contribution in [2.45, 2.75) is 25.8 Å². The van der Waals surface area contributed by atoms with Gasteiger partial charge in [0.25, 0.3) is 0 Å². The van der Waals surface area contributed by atoms with Crippen molar-refractivity contribution in [3.63, 3.8) is 0 Å². The zero-order valence-electron chi connectivity index (χ0n) is 9.66. The minimum absolute atomic E-state index is 0.532. The Morgan fingerprint density at radius 1 is 1.56 bits per heavy atom. The lowest BCUT2D eigenvalue weighted by Crippen LogP contribution is -2.06. The number of benzene rings is 1. The van der Waals surface area contributed by atoms with Crippen LogP contribution in [0.2, 0.25) is 0 Å². The first-order valence-corrected chi connectivity index (χ1v) is 5.63. The van der Waals surface area contributed by atoms with Gasteiger partial charge >= 0.3 is 0 Å². The number of nitriles is 1. The maximum absolute atomic E-state index is 9.01. The Hall–Kier alpha value is -1.69. The Kier molecular flexibility index (Phi) is 3.00. The van der Waals surface area contributed by atoms with E-state index in [0.717, 1.165) is 17.4 Å². The van der Waals surface area contributed by atoms with E-state index < -0.39 is 0 Å². The lowest BCUT2D eigenvalue weighted by Gasteiger charge is -2.09. The van der Waals surface area contributed by atoms with Gasteiger partial charge in [-0.15, -0.1) is 0 Å². The Morgan fingerprint density at radius 2 is 2.38 bits per heavy atom. The van der Waals surface area contributed by atoms with Crippen LogP contribution in [0, 0.1) is 17.2 Å². The van der Waals surface area contributed by atoms with Crippen molar-refractivity contribution in [1.82, 2.24) is 0 Å². The molecule has 3 nitrogen and oxygen atoms in total. The maximum Gasteiger partial charge on any atom is 0.121 e. The summed E-state index contributed by atoms with van der Waals surface area (Å²) in [6.07, 6.45) is 2.40. The van der Waals surface area contributed by atoms with Crippen LogP contribution in [0.1, 0.15) is 25.3 Å². The Balaban J connectivity index is 2.15. The van der Waals surface area contributed by atoms with Gasteiger partial charge in [-0.1, -0.05) is 13.3 Å². The van der Waals surface area contributed by atoms with Crippen LogP contribution in [0.3, 0.4) is 0 Å². The number of nitrogens with one attached hydrogen (secondary N) is 1. The van der Waals surface area contributed by atoms with E-state index in [1.807, 2.05) is 12.1 Å². The lowest BCUT2D eigenvalue weighted by molar-refractivity contribution is 0.415. The maximum atomic E-state index is 9.01. The third-order valence-corrected chi connectivity index (χ3v) is 3.14. The summed E-state index contributed by atoms with van der Waals surface area (Å²) in [6.45, 7) is 2.20. The van der Waals surface area contributed by atoms with Crippen LogP contribution in [0.4, 0.5) is 5.69 Å². The van der Waals surface area contributed by atoms with E-state index in [-0.39, 0.29) is 0 Å². The van der Waals surface area contributed by atoms with Crippen molar-refractivity contribution in [1.29, 1.82) is 5.26 Å². The smallest absolute Gasteiger partial charge is 0.121 e. The summed E-state index contributed by atoms with van der Waals surface area (Å²) in [7, 11) is 1.64. The van der Waals surface area contributed by atoms with E-state index in [9.17, 15) is 0 Å². The van der Waals surface area contributed by atoms with Crippen LogP contribution in [0.15, 0.2) is 18.2 Å². The molecule has 0 aromatic heterocycles. The Morgan fingerprint density at radius 3 is 2.94 bits per heavy atom. The molecule has 0 heterocycles. The molecule has 2 unspecified atom stereocenters. The highest BCUT2D eigenvalue weighted by Gasteiger charge is 2.35. The Labute approximate surface area is 96.0 Å². The normalized spacial score (nSPS) is 22.3. The first-order valence-electron chi connectivity index (χ1n) is 5.63. The molecule has 3 heteroatoms. The van der Waals surface area contributed by atoms with Gasteiger partial charge in [0.2, 0.25) is 0 Å². The van der Waals surface area contributed by atoms with Gasteiger partial charge in [0.1, 0.15) is 11.8 Å². The monoisotopic (exact) mass is 216 g/mol. The molecule has 1 fully saturated rings. The molecule has 16 heavy (non-hydrogen) atoms.